The van der Waals surface area contributed by atoms with Gasteiger partial charge in [0.2, 0.25) is 0 Å². The molecular formula is C12H20N2O2S2. The fourth-order valence-corrected chi connectivity index (χ4v) is 5.05. The van der Waals surface area contributed by atoms with Crippen molar-refractivity contribution in [1.29, 1.82) is 0 Å². The van der Waals surface area contributed by atoms with Crippen molar-refractivity contribution in [3.8, 4) is 0 Å². The van der Waals surface area contributed by atoms with E-state index in [2.05, 4.69) is 22.3 Å². The van der Waals surface area contributed by atoms with Crippen LogP contribution in [0.3, 0.4) is 0 Å². The smallest absolute Gasteiger partial charge is 0.150 e. The van der Waals surface area contributed by atoms with Crippen molar-refractivity contribution in [3.63, 3.8) is 0 Å². The van der Waals surface area contributed by atoms with Crippen LogP contribution in [-0.2, 0) is 16.4 Å². The Hall–Kier alpha value is -0.460. The first-order valence-electron chi connectivity index (χ1n) is 6.24. The van der Waals surface area contributed by atoms with Gasteiger partial charge < -0.3 is 0 Å². The number of sulfone groups is 1. The standard InChI is InChI=1S/C12H20N2O2S2/c1-10-8-17-12(13-10)7-14(2)5-3-11-4-6-18(15,16)9-11/h8,11H,3-7,9H2,1-2H3/t11-/m1/s1. The molecule has 6 heteroatoms. The van der Waals surface area contributed by atoms with E-state index in [0.717, 1.165) is 36.6 Å². The average Bonchev–Trinajstić information content (AvgIpc) is 2.82. The van der Waals surface area contributed by atoms with Gasteiger partial charge in [0.15, 0.2) is 9.84 Å². The molecule has 0 bridgehead atoms. The van der Waals surface area contributed by atoms with Gasteiger partial charge >= 0.3 is 0 Å². The third-order valence-corrected chi connectivity index (χ3v) is 6.11. The highest BCUT2D eigenvalue weighted by Crippen LogP contribution is 2.22. The number of nitrogens with zero attached hydrogens (tertiary/aromatic N) is 2. The van der Waals surface area contributed by atoms with Crippen LogP contribution in [0.5, 0.6) is 0 Å². The Morgan fingerprint density at radius 3 is 2.89 bits per heavy atom. The highest BCUT2D eigenvalue weighted by Gasteiger charge is 2.27. The molecule has 2 rings (SSSR count). The van der Waals surface area contributed by atoms with Gasteiger partial charge in [-0.25, -0.2) is 13.4 Å². The fourth-order valence-electron chi connectivity index (χ4n) is 2.29. The molecule has 1 fully saturated rings. The first kappa shape index (κ1) is 14.0. The molecule has 1 saturated heterocycles. The number of hydrogen-bond donors (Lipinski definition) is 0. The van der Waals surface area contributed by atoms with Crippen molar-refractivity contribution < 1.29 is 8.42 Å². The molecule has 0 N–H and O–H groups in total. The van der Waals surface area contributed by atoms with Crippen molar-refractivity contribution in [2.45, 2.75) is 26.3 Å². The second kappa shape index (κ2) is 5.67. The number of hydrogen-bond acceptors (Lipinski definition) is 5. The normalized spacial score (nSPS) is 22.7. The zero-order chi connectivity index (χ0) is 13.2. The van der Waals surface area contributed by atoms with Gasteiger partial charge in [-0.1, -0.05) is 0 Å². The third-order valence-electron chi connectivity index (χ3n) is 3.32. The molecule has 0 saturated carbocycles. The molecular weight excluding hydrogens is 268 g/mol. The van der Waals surface area contributed by atoms with Crippen molar-refractivity contribution in [2.24, 2.45) is 5.92 Å². The molecule has 0 spiro atoms. The van der Waals surface area contributed by atoms with Gasteiger partial charge in [0.05, 0.1) is 18.1 Å². The second-order valence-corrected chi connectivity index (χ2v) is 8.35. The predicted molar refractivity (Wildman–Crippen MR) is 74.6 cm³/mol. The van der Waals surface area contributed by atoms with E-state index in [1.54, 1.807) is 11.3 Å². The molecule has 4 nitrogen and oxygen atoms in total. The first-order valence-corrected chi connectivity index (χ1v) is 8.95. The summed E-state index contributed by atoms with van der Waals surface area (Å²) in [7, 11) is -0.658. The van der Waals surface area contributed by atoms with E-state index in [-0.39, 0.29) is 0 Å². The van der Waals surface area contributed by atoms with Crippen LogP contribution in [0.1, 0.15) is 23.5 Å². The lowest BCUT2D eigenvalue weighted by Crippen LogP contribution is -2.21. The number of thiazole rings is 1. The number of rotatable bonds is 5. The topological polar surface area (TPSA) is 50.3 Å². The fraction of sp³-hybridized carbons (Fsp3) is 0.750. The zero-order valence-electron chi connectivity index (χ0n) is 10.9. The molecule has 1 aliphatic rings. The van der Waals surface area contributed by atoms with Crippen LogP contribution in [0.4, 0.5) is 0 Å². The van der Waals surface area contributed by atoms with Gasteiger partial charge in [0.25, 0.3) is 0 Å². The summed E-state index contributed by atoms with van der Waals surface area (Å²) in [4.78, 5) is 6.66. The Morgan fingerprint density at radius 1 is 1.56 bits per heavy atom. The summed E-state index contributed by atoms with van der Waals surface area (Å²) >= 11 is 1.69. The minimum atomic E-state index is -2.73. The maximum Gasteiger partial charge on any atom is 0.150 e. The molecule has 0 unspecified atom stereocenters. The van der Waals surface area contributed by atoms with Gasteiger partial charge in [0.1, 0.15) is 5.01 Å². The molecule has 1 aliphatic heterocycles. The summed E-state index contributed by atoms with van der Waals surface area (Å²) in [5.41, 5.74) is 1.07. The van der Waals surface area contributed by atoms with E-state index in [0.29, 0.717) is 17.4 Å². The molecule has 0 amide bonds. The molecule has 1 aromatic rings. The van der Waals surface area contributed by atoms with Crippen LogP contribution in [0, 0.1) is 12.8 Å². The van der Waals surface area contributed by atoms with Crippen LogP contribution >= 0.6 is 11.3 Å². The van der Waals surface area contributed by atoms with Crippen LogP contribution < -0.4 is 0 Å². The van der Waals surface area contributed by atoms with Crippen LogP contribution in [0.25, 0.3) is 0 Å². The SMILES string of the molecule is Cc1csc(CN(C)CC[C@@H]2CCS(=O)(=O)C2)n1. The summed E-state index contributed by atoms with van der Waals surface area (Å²) in [6.45, 7) is 3.81. The van der Waals surface area contributed by atoms with Crippen molar-refractivity contribution in [3.05, 3.63) is 16.1 Å². The van der Waals surface area contributed by atoms with Gasteiger partial charge in [0, 0.05) is 11.1 Å². The summed E-state index contributed by atoms with van der Waals surface area (Å²) in [5, 5.41) is 3.20. The lowest BCUT2D eigenvalue weighted by molar-refractivity contribution is 0.299. The molecule has 18 heavy (non-hydrogen) atoms. The molecule has 0 aromatic carbocycles. The van der Waals surface area contributed by atoms with E-state index in [1.165, 1.54) is 0 Å². The molecule has 102 valence electrons. The lowest BCUT2D eigenvalue weighted by atomic mass is 10.1. The maximum atomic E-state index is 11.4. The third kappa shape index (κ3) is 4.03. The minimum absolute atomic E-state index is 0.357. The van der Waals surface area contributed by atoms with Crippen LogP contribution in [0.15, 0.2) is 5.38 Å². The highest BCUT2D eigenvalue weighted by molar-refractivity contribution is 7.91. The number of aromatic nitrogens is 1. The van der Waals surface area contributed by atoms with E-state index in [9.17, 15) is 8.42 Å². The maximum absolute atomic E-state index is 11.4. The summed E-state index contributed by atoms with van der Waals surface area (Å²) in [6, 6.07) is 0. The predicted octanol–water partition coefficient (Wildman–Crippen LogP) is 1.71. The molecule has 1 atom stereocenters. The number of aryl methyl sites for hydroxylation is 1. The van der Waals surface area contributed by atoms with Crippen molar-refractivity contribution in [1.82, 2.24) is 9.88 Å². The van der Waals surface area contributed by atoms with Crippen molar-refractivity contribution >= 4 is 21.2 Å². The Labute approximate surface area is 113 Å². The van der Waals surface area contributed by atoms with E-state index >= 15 is 0 Å². The summed E-state index contributed by atoms with van der Waals surface area (Å²) < 4.78 is 22.7. The molecule has 0 aliphatic carbocycles. The second-order valence-electron chi connectivity index (χ2n) is 5.18. The molecule has 1 aromatic heterocycles. The van der Waals surface area contributed by atoms with Crippen molar-refractivity contribution in [2.75, 3.05) is 25.1 Å². The van der Waals surface area contributed by atoms with Gasteiger partial charge in [-0.05, 0) is 39.3 Å². The van der Waals surface area contributed by atoms with Gasteiger partial charge in [-0.3, -0.25) is 4.90 Å². The Balaban J connectivity index is 1.74. The van der Waals surface area contributed by atoms with E-state index in [1.807, 2.05) is 6.92 Å². The van der Waals surface area contributed by atoms with E-state index in [4.69, 9.17) is 0 Å². The molecule has 0 radical (unpaired) electrons. The summed E-state index contributed by atoms with van der Waals surface area (Å²) in [6.07, 6.45) is 1.81. The average molecular weight is 288 g/mol. The van der Waals surface area contributed by atoms with E-state index < -0.39 is 9.84 Å². The lowest BCUT2D eigenvalue weighted by Gasteiger charge is -2.17. The molecule has 2 heterocycles. The Kier molecular flexibility index (Phi) is 4.40. The largest absolute Gasteiger partial charge is 0.300 e. The highest BCUT2D eigenvalue weighted by atomic mass is 32.2. The zero-order valence-corrected chi connectivity index (χ0v) is 12.6. The van der Waals surface area contributed by atoms with Gasteiger partial charge in [-0.15, -0.1) is 11.3 Å². The Morgan fingerprint density at radius 2 is 2.33 bits per heavy atom. The van der Waals surface area contributed by atoms with Crippen LogP contribution in [0.2, 0.25) is 0 Å². The first-order chi connectivity index (χ1) is 8.44. The van der Waals surface area contributed by atoms with Gasteiger partial charge in [-0.2, -0.15) is 0 Å². The Bertz CT molecular complexity index is 496. The minimum Gasteiger partial charge on any atom is -0.300 e. The van der Waals surface area contributed by atoms with Crippen LogP contribution in [-0.4, -0.2) is 43.4 Å². The monoisotopic (exact) mass is 288 g/mol. The summed E-state index contributed by atoms with van der Waals surface area (Å²) in [5.74, 6) is 1.13. The quantitative estimate of drug-likeness (QED) is 0.827.